The van der Waals surface area contributed by atoms with Gasteiger partial charge in [0.2, 0.25) is 0 Å². The Balaban J connectivity index is 1.84. The second kappa shape index (κ2) is 6.75. The van der Waals surface area contributed by atoms with Crippen molar-refractivity contribution in [3.63, 3.8) is 0 Å². The molecule has 23 heavy (non-hydrogen) atoms. The predicted molar refractivity (Wildman–Crippen MR) is 90.0 cm³/mol. The molecule has 2 aromatic carbocycles. The number of aromatic nitrogens is 1. The minimum atomic E-state index is -0.397. The van der Waals surface area contributed by atoms with E-state index in [-0.39, 0.29) is 0 Å². The molecular weight excluding hydrogens is 314 g/mol. The molecule has 0 atom stereocenters. The van der Waals surface area contributed by atoms with Gasteiger partial charge in [-0.25, -0.2) is 4.79 Å². The highest BCUT2D eigenvalue weighted by Gasteiger charge is 2.13. The Kier molecular flexibility index (Phi) is 4.53. The van der Waals surface area contributed by atoms with Crippen molar-refractivity contribution in [1.29, 1.82) is 0 Å². The summed E-state index contributed by atoms with van der Waals surface area (Å²) >= 11 is 6.28. The standard InChI is InChI=1S/C18H16ClNO3/c1-2-22-18(21)16-9-13-8-14(10-15(19)17(13)20-16)23-11-12-6-4-3-5-7-12/h3-10,20H,2,11H2,1H3. The van der Waals surface area contributed by atoms with Gasteiger partial charge in [0, 0.05) is 11.5 Å². The minimum absolute atomic E-state index is 0.327. The van der Waals surface area contributed by atoms with Gasteiger partial charge in [0.1, 0.15) is 18.1 Å². The Hall–Kier alpha value is -2.46. The molecule has 1 aromatic heterocycles. The summed E-state index contributed by atoms with van der Waals surface area (Å²) in [4.78, 5) is 14.8. The number of carbonyl (C=O) groups is 1. The van der Waals surface area contributed by atoms with Crippen LogP contribution in [0.15, 0.2) is 48.5 Å². The summed E-state index contributed by atoms with van der Waals surface area (Å²) in [7, 11) is 0. The third-order valence-electron chi connectivity index (χ3n) is 3.40. The van der Waals surface area contributed by atoms with E-state index in [1.54, 1.807) is 19.1 Å². The fraction of sp³-hybridized carbons (Fsp3) is 0.167. The lowest BCUT2D eigenvalue weighted by Crippen LogP contribution is -2.04. The van der Waals surface area contributed by atoms with Crippen molar-refractivity contribution in [3.05, 3.63) is 64.8 Å². The van der Waals surface area contributed by atoms with Gasteiger partial charge in [-0.05, 0) is 24.6 Å². The van der Waals surface area contributed by atoms with Crippen LogP contribution in [0.2, 0.25) is 5.02 Å². The number of carbonyl (C=O) groups excluding carboxylic acids is 1. The summed E-state index contributed by atoms with van der Waals surface area (Å²) in [5.74, 6) is 0.257. The Morgan fingerprint density at radius 2 is 1.96 bits per heavy atom. The van der Waals surface area contributed by atoms with Crippen LogP contribution in [-0.2, 0) is 11.3 Å². The van der Waals surface area contributed by atoms with E-state index >= 15 is 0 Å². The van der Waals surface area contributed by atoms with Crippen molar-refractivity contribution < 1.29 is 14.3 Å². The molecule has 5 heteroatoms. The molecule has 0 fully saturated rings. The van der Waals surface area contributed by atoms with Crippen LogP contribution in [0.3, 0.4) is 0 Å². The number of hydrogen-bond acceptors (Lipinski definition) is 3. The first-order valence-corrected chi connectivity index (χ1v) is 7.71. The van der Waals surface area contributed by atoms with E-state index in [0.717, 1.165) is 10.9 Å². The molecule has 0 radical (unpaired) electrons. The van der Waals surface area contributed by atoms with Crippen LogP contribution in [-0.4, -0.2) is 17.6 Å². The normalized spacial score (nSPS) is 10.7. The summed E-state index contributed by atoms with van der Waals surface area (Å²) in [6.45, 7) is 2.55. The second-order valence-corrected chi connectivity index (χ2v) is 5.45. The van der Waals surface area contributed by atoms with Crippen molar-refractivity contribution in [2.75, 3.05) is 6.61 Å². The summed E-state index contributed by atoms with van der Waals surface area (Å²) in [6.07, 6.45) is 0. The molecule has 0 aliphatic rings. The van der Waals surface area contributed by atoms with Gasteiger partial charge in [0.05, 0.1) is 17.1 Å². The second-order valence-electron chi connectivity index (χ2n) is 5.05. The molecule has 0 bridgehead atoms. The maximum absolute atomic E-state index is 11.8. The Morgan fingerprint density at radius 1 is 1.17 bits per heavy atom. The molecule has 0 spiro atoms. The molecule has 0 saturated heterocycles. The van der Waals surface area contributed by atoms with E-state index in [2.05, 4.69) is 4.98 Å². The number of fused-ring (bicyclic) bond motifs is 1. The number of halogens is 1. The molecule has 0 aliphatic heterocycles. The Morgan fingerprint density at radius 3 is 2.70 bits per heavy atom. The molecule has 1 heterocycles. The van der Waals surface area contributed by atoms with Gasteiger partial charge in [-0.1, -0.05) is 41.9 Å². The molecule has 1 N–H and O–H groups in total. The van der Waals surface area contributed by atoms with Crippen molar-refractivity contribution in [2.24, 2.45) is 0 Å². The molecule has 118 valence electrons. The summed E-state index contributed by atoms with van der Waals surface area (Å²) < 4.78 is 10.8. The van der Waals surface area contributed by atoms with Crippen molar-refractivity contribution in [1.82, 2.24) is 4.98 Å². The average Bonchev–Trinajstić information content (AvgIpc) is 2.99. The van der Waals surface area contributed by atoms with Crippen molar-refractivity contribution in [2.45, 2.75) is 13.5 Å². The quantitative estimate of drug-likeness (QED) is 0.697. The molecule has 0 aliphatic carbocycles. The smallest absolute Gasteiger partial charge is 0.354 e. The van der Waals surface area contributed by atoms with Gasteiger partial charge >= 0.3 is 5.97 Å². The zero-order valence-electron chi connectivity index (χ0n) is 12.6. The van der Waals surface area contributed by atoms with Gasteiger partial charge in [-0.3, -0.25) is 0 Å². The lowest BCUT2D eigenvalue weighted by molar-refractivity contribution is 0.0520. The largest absolute Gasteiger partial charge is 0.489 e. The average molecular weight is 330 g/mol. The SMILES string of the molecule is CCOC(=O)c1cc2cc(OCc3ccccc3)cc(Cl)c2[nH]1. The molecule has 0 saturated carbocycles. The van der Waals surface area contributed by atoms with Crippen LogP contribution in [0.25, 0.3) is 10.9 Å². The number of benzene rings is 2. The molecule has 0 amide bonds. The molecule has 3 rings (SSSR count). The highest BCUT2D eigenvalue weighted by Crippen LogP contribution is 2.30. The molecule has 3 aromatic rings. The number of aromatic amines is 1. The molecular formula is C18H16ClNO3. The maximum atomic E-state index is 11.8. The molecule has 4 nitrogen and oxygen atoms in total. The monoisotopic (exact) mass is 329 g/mol. The summed E-state index contributed by atoms with van der Waals surface area (Å²) in [6, 6.07) is 15.2. The number of H-pyrrole nitrogens is 1. The third-order valence-corrected chi connectivity index (χ3v) is 3.70. The fourth-order valence-electron chi connectivity index (χ4n) is 2.32. The Bertz CT molecular complexity index is 827. The van der Waals surface area contributed by atoms with Crippen LogP contribution >= 0.6 is 11.6 Å². The predicted octanol–water partition coefficient (Wildman–Crippen LogP) is 4.58. The van der Waals surface area contributed by atoms with Gasteiger partial charge < -0.3 is 14.5 Å². The fourth-order valence-corrected chi connectivity index (χ4v) is 2.58. The maximum Gasteiger partial charge on any atom is 0.354 e. The van der Waals surface area contributed by atoms with Crippen LogP contribution in [0.4, 0.5) is 0 Å². The van der Waals surface area contributed by atoms with E-state index < -0.39 is 5.97 Å². The van der Waals surface area contributed by atoms with E-state index in [4.69, 9.17) is 21.1 Å². The zero-order valence-corrected chi connectivity index (χ0v) is 13.4. The van der Waals surface area contributed by atoms with Crippen LogP contribution in [0, 0.1) is 0 Å². The van der Waals surface area contributed by atoms with Crippen LogP contribution < -0.4 is 4.74 Å². The Labute approximate surface area is 139 Å². The molecule has 0 unspecified atom stereocenters. The van der Waals surface area contributed by atoms with E-state index in [9.17, 15) is 4.79 Å². The number of nitrogens with one attached hydrogen (secondary N) is 1. The van der Waals surface area contributed by atoms with E-state index in [1.807, 2.05) is 36.4 Å². The van der Waals surface area contributed by atoms with Gasteiger partial charge in [-0.2, -0.15) is 0 Å². The lowest BCUT2D eigenvalue weighted by Gasteiger charge is -2.07. The topological polar surface area (TPSA) is 51.3 Å². The number of ether oxygens (including phenoxy) is 2. The van der Waals surface area contributed by atoms with E-state index in [1.165, 1.54) is 0 Å². The third kappa shape index (κ3) is 3.48. The van der Waals surface area contributed by atoms with Gasteiger partial charge in [-0.15, -0.1) is 0 Å². The van der Waals surface area contributed by atoms with Crippen molar-refractivity contribution >= 4 is 28.5 Å². The number of hydrogen-bond donors (Lipinski definition) is 1. The van der Waals surface area contributed by atoms with Crippen LogP contribution in [0.1, 0.15) is 23.0 Å². The van der Waals surface area contributed by atoms with Crippen LogP contribution in [0.5, 0.6) is 5.75 Å². The lowest BCUT2D eigenvalue weighted by atomic mass is 10.2. The van der Waals surface area contributed by atoms with Crippen molar-refractivity contribution in [3.8, 4) is 5.75 Å². The first kappa shape index (κ1) is 15.4. The number of esters is 1. The minimum Gasteiger partial charge on any atom is -0.489 e. The highest BCUT2D eigenvalue weighted by atomic mass is 35.5. The number of rotatable bonds is 5. The zero-order chi connectivity index (χ0) is 16.2. The summed E-state index contributed by atoms with van der Waals surface area (Å²) in [5, 5.41) is 1.31. The van der Waals surface area contributed by atoms with Gasteiger partial charge in [0.15, 0.2) is 0 Å². The van der Waals surface area contributed by atoms with Gasteiger partial charge in [0.25, 0.3) is 0 Å². The first-order chi connectivity index (χ1) is 11.2. The highest BCUT2D eigenvalue weighted by molar-refractivity contribution is 6.35. The first-order valence-electron chi connectivity index (χ1n) is 7.33. The summed E-state index contributed by atoms with van der Waals surface area (Å²) in [5.41, 5.74) is 2.15. The van der Waals surface area contributed by atoms with E-state index in [0.29, 0.717) is 35.2 Å².